The highest BCUT2D eigenvalue weighted by Gasteiger charge is 2.51. The van der Waals surface area contributed by atoms with E-state index in [0.29, 0.717) is 5.56 Å². The summed E-state index contributed by atoms with van der Waals surface area (Å²) < 4.78 is 38.8. The van der Waals surface area contributed by atoms with Crippen molar-refractivity contribution in [3.8, 4) is 0 Å². The van der Waals surface area contributed by atoms with Crippen LogP contribution in [0.4, 0.5) is 13.2 Å². The van der Waals surface area contributed by atoms with Crippen LogP contribution in [-0.2, 0) is 6.42 Å². The summed E-state index contributed by atoms with van der Waals surface area (Å²) in [6.07, 6.45) is -2.67. The minimum absolute atomic E-state index is 0.0188. The number of carbonyl (C=O) groups is 1. The third kappa shape index (κ3) is 3.43. The maximum Gasteiger partial charge on any atom is 0.393 e. The molecule has 1 N–H and O–H groups in total. The fraction of sp³-hybridized carbons (Fsp3) is 0.562. The van der Waals surface area contributed by atoms with Gasteiger partial charge in [0.05, 0.1) is 18.6 Å². The van der Waals surface area contributed by atoms with Crippen molar-refractivity contribution >= 4 is 5.91 Å². The van der Waals surface area contributed by atoms with Crippen LogP contribution in [0.1, 0.15) is 35.7 Å². The molecule has 0 radical (unpaired) electrons. The molecule has 0 aliphatic carbocycles. The van der Waals surface area contributed by atoms with Gasteiger partial charge in [0.25, 0.3) is 5.91 Å². The highest BCUT2D eigenvalue weighted by molar-refractivity contribution is 5.94. The molecule has 1 heterocycles. The van der Waals surface area contributed by atoms with Crippen molar-refractivity contribution in [3.05, 3.63) is 35.4 Å². The first kappa shape index (κ1) is 16.8. The van der Waals surface area contributed by atoms with Crippen LogP contribution in [-0.4, -0.2) is 41.3 Å². The van der Waals surface area contributed by atoms with Gasteiger partial charge in [0, 0.05) is 12.1 Å². The van der Waals surface area contributed by atoms with Crippen LogP contribution in [0.25, 0.3) is 0 Å². The van der Waals surface area contributed by atoms with Crippen molar-refractivity contribution < 1.29 is 23.1 Å². The van der Waals surface area contributed by atoms with Gasteiger partial charge in [-0.3, -0.25) is 4.79 Å². The largest absolute Gasteiger partial charge is 0.394 e. The first-order chi connectivity index (χ1) is 10.4. The van der Waals surface area contributed by atoms with Crippen molar-refractivity contribution in [2.75, 3.05) is 13.2 Å². The van der Waals surface area contributed by atoms with E-state index < -0.39 is 30.7 Å². The maximum absolute atomic E-state index is 12.9. The van der Waals surface area contributed by atoms with Gasteiger partial charge in [-0.2, -0.15) is 13.2 Å². The normalized spacial score (nSPS) is 22.1. The molecule has 0 unspecified atom stereocenters. The molecular formula is C16H20F3NO2. The van der Waals surface area contributed by atoms with E-state index >= 15 is 0 Å². The third-order valence-electron chi connectivity index (χ3n) is 4.15. The number of nitrogens with zero attached hydrogens (tertiary/aromatic N) is 1. The second-order valence-electron chi connectivity index (χ2n) is 5.63. The number of aliphatic hydroxyl groups excluding tert-OH is 1. The quantitative estimate of drug-likeness (QED) is 0.928. The second-order valence-corrected chi connectivity index (χ2v) is 5.63. The Balaban J connectivity index is 2.15. The SMILES string of the molecule is CCCc1ccc(C(=O)N2CC[C@@H](C(F)(F)F)[C@@H]2CO)cc1. The van der Waals surface area contributed by atoms with Crippen molar-refractivity contribution in [1.29, 1.82) is 0 Å². The number of halogens is 3. The standard InChI is InChI=1S/C16H20F3NO2/c1-2-3-11-4-6-12(7-5-11)15(22)20-9-8-13(14(20)10-21)16(17,18)19/h4-7,13-14,21H,2-3,8-10H2,1H3/t13-,14+/m1/s1. The lowest BCUT2D eigenvalue weighted by molar-refractivity contribution is -0.181. The van der Waals surface area contributed by atoms with Gasteiger partial charge in [0.15, 0.2) is 0 Å². The number of rotatable bonds is 4. The van der Waals surface area contributed by atoms with E-state index in [9.17, 15) is 23.1 Å². The van der Waals surface area contributed by atoms with Gasteiger partial charge < -0.3 is 10.0 Å². The lowest BCUT2D eigenvalue weighted by atomic mass is 10.00. The molecule has 0 bridgehead atoms. The Labute approximate surface area is 127 Å². The van der Waals surface area contributed by atoms with Gasteiger partial charge in [-0.05, 0) is 30.5 Å². The number of aliphatic hydroxyl groups is 1. The molecule has 1 amide bonds. The molecule has 122 valence electrons. The Morgan fingerprint density at radius 3 is 2.45 bits per heavy atom. The zero-order chi connectivity index (χ0) is 16.3. The Morgan fingerprint density at radius 2 is 1.95 bits per heavy atom. The molecular weight excluding hydrogens is 295 g/mol. The summed E-state index contributed by atoms with van der Waals surface area (Å²) in [4.78, 5) is 13.6. The van der Waals surface area contributed by atoms with Gasteiger partial charge in [0.1, 0.15) is 0 Å². The van der Waals surface area contributed by atoms with E-state index in [-0.39, 0.29) is 13.0 Å². The molecule has 2 atom stereocenters. The summed E-state index contributed by atoms with van der Waals surface area (Å²) in [5, 5.41) is 9.29. The lowest BCUT2D eigenvalue weighted by Gasteiger charge is -2.27. The first-order valence-electron chi connectivity index (χ1n) is 7.46. The van der Waals surface area contributed by atoms with Crippen LogP contribution in [0.5, 0.6) is 0 Å². The van der Waals surface area contributed by atoms with E-state index in [1.165, 1.54) is 0 Å². The summed E-state index contributed by atoms with van der Waals surface area (Å²) in [7, 11) is 0. The van der Waals surface area contributed by atoms with Gasteiger partial charge in [-0.25, -0.2) is 0 Å². The number of aryl methyl sites for hydroxylation is 1. The van der Waals surface area contributed by atoms with Crippen LogP contribution in [0, 0.1) is 5.92 Å². The molecule has 1 aromatic rings. The summed E-state index contributed by atoms with van der Waals surface area (Å²) in [5.74, 6) is -2.10. The van der Waals surface area contributed by atoms with Crippen LogP contribution in [0.3, 0.4) is 0 Å². The molecule has 0 aromatic heterocycles. The molecule has 3 nitrogen and oxygen atoms in total. The summed E-state index contributed by atoms with van der Waals surface area (Å²) >= 11 is 0. The number of likely N-dealkylation sites (tertiary alicyclic amines) is 1. The number of amides is 1. The van der Waals surface area contributed by atoms with Gasteiger partial charge in [-0.1, -0.05) is 25.5 Å². The summed E-state index contributed by atoms with van der Waals surface area (Å²) in [6.45, 7) is 1.39. The molecule has 22 heavy (non-hydrogen) atoms. The van der Waals surface area contributed by atoms with Crippen molar-refractivity contribution in [1.82, 2.24) is 4.90 Å². The number of hydrogen-bond donors (Lipinski definition) is 1. The van der Waals surface area contributed by atoms with Gasteiger partial charge >= 0.3 is 6.18 Å². The van der Waals surface area contributed by atoms with Gasteiger partial charge in [0.2, 0.25) is 0 Å². The first-order valence-corrected chi connectivity index (χ1v) is 7.46. The van der Waals surface area contributed by atoms with E-state index in [0.717, 1.165) is 23.3 Å². The molecule has 1 fully saturated rings. The van der Waals surface area contributed by atoms with E-state index in [1.807, 2.05) is 19.1 Å². The maximum atomic E-state index is 12.9. The smallest absolute Gasteiger partial charge is 0.393 e. The Bertz CT molecular complexity index is 513. The molecule has 1 aliphatic heterocycles. The van der Waals surface area contributed by atoms with E-state index in [4.69, 9.17) is 0 Å². The predicted molar refractivity (Wildman–Crippen MR) is 76.5 cm³/mol. The van der Waals surface area contributed by atoms with Crippen molar-refractivity contribution in [3.63, 3.8) is 0 Å². The Kier molecular flexibility index (Phi) is 5.11. The monoisotopic (exact) mass is 315 g/mol. The van der Waals surface area contributed by atoms with Crippen LogP contribution in [0.2, 0.25) is 0 Å². The molecule has 6 heteroatoms. The second kappa shape index (κ2) is 6.69. The predicted octanol–water partition coefficient (Wildman–Crippen LogP) is 3.02. The average Bonchev–Trinajstić information content (AvgIpc) is 2.91. The van der Waals surface area contributed by atoms with Crippen LogP contribution in [0.15, 0.2) is 24.3 Å². The van der Waals surface area contributed by atoms with Crippen LogP contribution < -0.4 is 0 Å². The fourth-order valence-electron chi connectivity index (χ4n) is 2.98. The number of hydrogen-bond acceptors (Lipinski definition) is 2. The summed E-state index contributed by atoms with van der Waals surface area (Å²) in [6, 6.07) is 5.73. The highest BCUT2D eigenvalue weighted by Crippen LogP contribution is 2.38. The molecule has 2 rings (SSSR count). The van der Waals surface area contributed by atoms with E-state index in [1.54, 1.807) is 12.1 Å². The highest BCUT2D eigenvalue weighted by atomic mass is 19.4. The molecule has 0 saturated carbocycles. The molecule has 1 saturated heterocycles. The fourth-order valence-corrected chi connectivity index (χ4v) is 2.98. The van der Waals surface area contributed by atoms with Crippen LogP contribution >= 0.6 is 0 Å². The minimum atomic E-state index is -4.40. The lowest BCUT2D eigenvalue weighted by Crippen LogP contribution is -2.44. The zero-order valence-electron chi connectivity index (χ0n) is 12.4. The number of benzene rings is 1. The van der Waals surface area contributed by atoms with Crippen molar-refractivity contribution in [2.45, 2.75) is 38.4 Å². The zero-order valence-corrected chi connectivity index (χ0v) is 12.4. The summed E-state index contributed by atoms with van der Waals surface area (Å²) in [5.41, 5.74) is 1.45. The Morgan fingerprint density at radius 1 is 1.32 bits per heavy atom. The molecule has 1 aliphatic rings. The van der Waals surface area contributed by atoms with Gasteiger partial charge in [-0.15, -0.1) is 0 Å². The third-order valence-corrected chi connectivity index (χ3v) is 4.15. The Hall–Kier alpha value is -1.56. The number of alkyl halides is 3. The number of carbonyl (C=O) groups excluding carboxylic acids is 1. The average molecular weight is 315 g/mol. The molecule has 0 spiro atoms. The van der Waals surface area contributed by atoms with E-state index in [2.05, 4.69) is 0 Å². The van der Waals surface area contributed by atoms with Crippen molar-refractivity contribution in [2.24, 2.45) is 5.92 Å². The minimum Gasteiger partial charge on any atom is -0.394 e. The topological polar surface area (TPSA) is 40.5 Å². The molecule has 1 aromatic carbocycles.